The van der Waals surface area contributed by atoms with Crippen LogP contribution in [-0.2, 0) is 20.7 Å². The number of ether oxygens (including phenoxy) is 2. The van der Waals surface area contributed by atoms with Crippen LogP contribution < -0.4 is 0 Å². The summed E-state index contributed by atoms with van der Waals surface area (Å²) in [5.74, 6) is -1.96. The van der Waals surface area contributed by atoms with Crippen LogP contribution in [-0.4, -0.2) is 35.9 Å². The van der Waals surface area contributed by atoms with Gasteiger partial charge in [0.15, 0.2) is 6.61 Å². The average molecular weight is 375 g/mol. The van der Waals surface area contributed by atoms with Crippen LogP contribution in [0.3, 0.4) is 0 Å². The lowest BCUT2D eigenvalue weighted by Crippen LogP contribution is -2.18. The Hall–Kier alpha value is -2.96. The van der Waals surface area contributed by atoms with Crippen LogP contribution >= 0.6 is 0 Å². The Morgan fingerprint density at radius 2 is 1.63 bits per heavy atom. The Balaban J connectivity index is 1.96. The number of hydrogen-bond donors (Lipinski definition) is 1. The number of H-pyrrole nitrogens is 1. The summed E-state index contributed by atoms with van der Waals surface area (Å²) in [6.45, 7) is 4.74. The summed E-state index contributed by atoms with van der Waals surface area (Å²) in [6.07, 6.45) is 0.443. The molecule has 1 aromatic carbocycles. The number of hydrogen-bond acceptors (Lipinski definition) is 5. The molecular formula is C20H22FNO5. The van der Waals surface area contributed by atoms with Gasteiger partial charge in [-0.1, -0.05) is 12.1 Å². The Morgan fingerprint density at radius 1 is 1.00 bits per heavy atom. The largest absolute Gasteiger partial charge is 0.462 e. The molecule has 0 bridgehead atoms. The molecule has 1 N–H and O–H groups in total. The van der Waals surface area contributed by atoms with Gasteiger partial charge in [0.2, 0.25) is 5.78 Å². The molecular weight excluding hydrogens is 353 g/mol. The molecule has 7 heteroatoms. The lowest BCUT2D eigenvalue weighted by atomic mass is 10.1. The van der Waals surface area contributed by atoms with Crippen LogP contribution in [0.15, 0.2) is 24.3 Å². The molecule has 0 saturated heterocycles. The number of halogens is 1. The number of carbonyl (C=O) groups is 3. The van der Waals surface area contributed by atoms with Gasteiger partial charge in [-0.3, -0.25) is 9.59 Å². The monoisotopic (exact) mass is 375 g/mol. The minimum absolute atomic E-state index is 0.0643. The Morgan fingerprint density at radius 3 is 2.26 bits per heavy atom. The SMILES string of the molecule is CCOC(=O)c1c(C)[nH]c(C)c1C(=O)COC(=O)CCc1ccc(F)cc1. The fourth-order valence-electron chi connectivity index (χ4n) is 2.78. The van der Waals surface area contributed by atoms with Gasteiger partial charge in [-0.15, -0.1) is 0 Å². The van der Waals surface area contributed by atoms with Crippen LogP contribution in [0.1, 0.15) is 51.0 Å². The molecule has 144 valence electrons. The predicted molar refractivity (Wildman–Crippen MR) is 96.2 cm³/mol. The summed E-state index contributed by atoms with van der Waals surface area (Å²) in [7, 11) is 0. The molecule has 0 radical (unpaired) electrons. The van der Waals surface area contributed by atoms with Crippen LogP contribution in [0.25, 0.3) is 0 Å². The number of esters is 2. The predicted octanol–water partition coefficient (Wildman–Crippen LogP) is 3.31. The van der Waals surface area contributed by atoms with Crippen molar-refractivity contribution < 1.29 is 28.2 Å². The summed E-state index contributed by atoms with van der Waals surface area (Å²) in [5.41, 5.74) is 2.18. The van der Waals surface area contributed by atoms with Crippen LogP contribution in [0.5, 0.6) is 0 Å². The Labute approximate surface area is 156 Å². The molecule has 0 unspecified atom stereocenters. The number of benzene rings is 1. The van der Waals surface area contributed by atoms with Gasteiger partial charge in [0, 0.05) is 17.8 Å². The number of ketones is 1. The van der Waals surface area contributed by atoms with Gasteiger partial charge < -0.3 is 14.5 Å². The third kappa shape index (κ3) is 5.26. The summed E-state index contributed by atoms with van der Waals surface area (Å²) in [5, 5.41) is 0. The number of rotatable bonds is 8. The molecule has 0 atom stereocenters. The van der Waals surface area contributed by atoms with E-state index in [-0.39, 0.29) is 30.0 Å². The van der Waals surface area contributed by atoms with Crippen molar-refractivity contribution in [3.8, 4) is 0 Å². The molecule has 0 saturated carbocycles. The number of Topliss-reactive ketones (excluding diaryl/α,β-unsaturated/α-hetero) is 1. The highest BCUT2D eigenvalue weighted by molar-refractivity contribution is 6.09. The first-order valence-electron chi connectivity index (χ1n) is 8.63. The number of aromatic amines is 1. The van der Waals surface area contributed by atoms with Gasteiger partial charge in [-0.05, 0) is 44.9 Å². The summed E-state index contributed by atoms with van der Waals surface area (Å²) in [6, 6.07) is 5.81. The van der Waals surface area contributed by atoms with Crippen molar-refractivity contribution in [2.45, 2.75) is 33.6 Å². The van der Waals surface area contributed by atoms with Crippen molar-refractivity contribution in [1.82, 2.24) is 4.98 Å². The van der Waals surface area contributed by atoms with Crippen molar-refractivity contribution in [3.63, 3.8) is 0 Å². The zero-order valence-corrected chi connectivity index (χ0v) is 15.6. The minimum atomic E-state index is -0.592. The van der Waals surface area contributed by atoms with E-state index in [0.29, 0.717) is 17.8 Å². The quantitative estimate of drug-likeness (QED) is 0.565. The number of aryl methyl sites for hydroxylation is 3. The van der Waals surface area contributed by atoms with Crippen molar-refractivity contribution in [3.05, 3.63) is 58.2 Å². The molecule has 2 rings (SSSR count). The third-order valence-corrected chi connectivity index (χ3v) is 4.03. The molecule has 27 heavy (non-hydrogen) atoms. The first-order valence-corrected chi connectivity index (χ1v) is 8.63. The molecule has 6 nitrogen and oxygen atoms in total. The fraction of sp³-hybridized carbons (Fsp3) is 0.350. The van der Waals surface area contributed by atoms with E-state index >= 15 is 0 Å². The van der Waals surface area contributed by atoms with Crippen molar-refractivity contribution in [2.75, 3.05) is 13.2 Å². The first kappa shape index (κ1) is 20.4. The van der Waals surface area contributed by atoms with E-state index in [9.17, 15) is 18.8 Å². The maximum absolute atomic E-state index is 12.9. The summed E-state index contributed by atoms with van der Waals surface area (Å²) in [4.78, 5) is 39.4. The Bertz CT molecular complexity index is 839. The van der Waals surface area contributed by atoms with Gasteiger partial charge in [0.1, 0.15) is 5.82 Å². The smallest absolute Gasteiger partial charge is 0.340 e. The maximum Gasteiger partial charge on any atom is 0.340 e. The van der Waals surface area contributed by atoms with Crippen molar-refractivity contribution in [2.24, 2.45) is 0 Å². The number of nitrogens with one attached hydrogen (secondary N) is 1. The highest BCUT2D eigenvalue weighted by Crippen LogP contribution is 2.20. The van der Waals surface area contributed by atoms with Gasteiger partial charge >= 0.3 is 11.9 Å². The van der Waals surface area contributed by atoms with Gasteiger partial charge in [0.25, 0.3) is 0 Å². The normalized spacial score (nSPS) is 10.5. The zero-order chi connectivity index (χ0) is 20.0. The average Bonchev–Trinajstić information content (AvgIpc) is 2.93. The van der Waals surface area contributed by atoms with Crippen LogP contribution in [0.2, 0.25) is 0 Å². The van der Waals surface area contributed by atoms with Gasteiger partial charge in [0.05, 0.1) is 17.7 Å². The second kappa shape index (κ2) is 9.12. The molecule has 2 aromatic rings. The maximum atomic E-state index is 12.9. The zero-order valence-electron chi connectivity index (χ0n) is 15.6. The highest BCUT2D eigenvalue weighted by Gasteiger charge is 2.25. The van der Waals surface area contributed by atoms with E-state index in [2.05, 4.69) is 4.98 Å². The van der Waals surface area contributed by atoms with E-state index in [0.717, 1.165) is 5.56 Å². The Kier molecular flexibility index (Phi) is 6.87. The highest BCUT2D eigenvalue weighted by atomic mass is 19.1. The topological polar surface area (TPSA) is 85.5 Å². The van der Waals surface area contributed by atoms with Gasteiger partial charge in [-0.25, -0.2) is 9.18 Å². The molecule has 0 aliphatic rings. The number of aromatic nitrogens is 1. The molecule has 0 amide bonds. The first-order chi connectivity index (χ1) is 12.8. The lowest BCUT2D eigenvalue weighted by molar-refractivity contribution is -0.142. The van der Waals surface area contributed by atoms with E-state index in [1.807, 2.05) is 0 Å². The van der Waals surface area contributed by atoms with E-state index < -0.39 is 24.3 Å². The van der Waals surface area contributed by atoms with Crippen LogP contribution in [0.4, 0.5) is 4.39 Å². The third-order valence-electron chi connectivity index (χ3n) is 4.03. The lowest BCUT2D eigenvalue weighted by Gasteiger charge is -2.07. The second-order valence-corrected chi connectivity index (χ2v) is 6.06. The molecule has 0 fully saturated rings. The van der Waals surface area contributed by atoms with Gasteiger partial charge in [-0.2, -0.15) is 0 Å². The second-order valence-electron chi connectivity index (χ2n) is 6.06. The molecule has 0 aliphatic carbocycles. The number of carbonyl (C=O) groups excluding carboxylic acids is 3. The summed E-state index contributed by atoms with van der Waals surface area (Å²) < 4.78 is 22.9. The van der Waals surface area contributed by atoms with E-state index in [1.165, 1.54) is 12.1 Å². The molecule has 1 aromatic heterocycles. The molecule has 1 heterocycles. The molecule has 0 aliphatic heterocycles. The van der Waals surface area contributed by atoms with Crippen molar-refractivity contribution in [1.29, 1.82) is 0 Å². The summed E-state index contributed by atoms with van der Waals surface area (Å²) >= 11 is 0. The van der Waals surface area contributed by atoms with E-state index in [1.54, 1.807) is 32.9 Å². The molecule has 0 spiro atoms. The minimum Gasteiger partial charge on any atom is -0.462 e. The standard InChI is InChI=1S/C20H22FNO5/c1-4-26-20(25)19-13(3)22-12(2)18(19)16(23)11-27-17(24)10-7-14-5-8-15(21)9-6-14/h5-6,8-9,22H,4,7,10-11H2,1-3H3. The van der Waals surface area contributed by atoms with Crippen molar-refractivity contribution >= 4 is 17.7 Å². The fourth-order valence-corrected chi connectivity index (χ4v) is 2.78. The van der Waals surface area contributed by atoms with Crippen LogP contribution in [0, 0.1) is 19.7 Å². The van der Waals surface area contributed by atoms with E-state index in [4.69, 9.17) is 9.47 Å².